The van der Waals surface area contributed by atoms with E-state index in [1.807, 2.05) is 24.3 Å². The number of hydrogen-bond acceptors (Lipinski definition) is 2. The lowest BCUT2D eigenvalue weighted by molar-refractivity contribution is -0.115. The molecule has 0 aliphatic rings. The molecule has 2 aromatic rings. The van der Waals surface area contributed by atoms with E-state index < -0.39 is 0 Å². The van der Waals surface area contributed by atoms with E-state index in [0.717, 1.165) is 10.0 Å². The van der Waals surface area contributed by atoms with E-state index in [9.17, 15) is 4.79 Å². The highest BCUT2D eigenvalue weighted by molar-refractivity contribution is 9.10. The number of amides is 1. The first-order valence-electron chi connectivity index (χ1n) is 5.29. The number of anilines is 1. The zero-order chi connectivity index (χ0) is 13.0. The highest BCUT2D eigenvalue weighted by Gasteiger charge is 2.05. The van der Waals surface area contributed by atoms with Crippen LogP contribution < -0.4 is 5.32 Å². The van der Waals surface area contributed by atoms with Crippen LogP contribution in [0, 0.1) is 0 Å². The van der Waals surface area contributed by atoms with Gasteiger partial charge in [0.2, 0.25) is 5.91 Å². The maximum Gasteiger partial charge on any atom is 0.229 e. The molecule has 0 fully saturated rings. The number of carbonyl (C=O) groups is 1. The van der Waals surface area contributed by atoms with Crippen LogP contribution in [0.2, 0.25) is 5.02 Å². The molecule has 0 bridgehead atoms. The van der Waals surface area contributed by atoms with Crippen molar-refractivity contribution < 1.29 is 4.79 Å². The van der Waals surface area contributed by atoms with Crippen LogP contribution in [0.4, 0.5) is 5.82 Å². The van der Waals surface area contributed by atoms with Crippen molar-refractivity contribution in [3.63, 3.8) is 0 Å². The lowest BCUT2D eigenvalue weighted by Crippen LogP contribution is -2.15. The quantitative estimate of drug-likeness (QED) is 0.935. The van der Waals surface area contributed by atoms with Gasteiger partial charge in [0.1, 0.15) is 5.82 Å². The van der Waals surface area contributed by atoms with E-state index in [4.69, 9.17) is 11.6 Å². The molecule has 1 aromatic heterocycles. The van der Waals surface area contributed by atoms with Crippen LogP contribution in [0.5, 0.6) is 0 Å². The third-order valence-electron chi connectivity index (χ3n) is 2.27. The average molecular weight is 326 g/mol. The number of hydrogen-bond donors (Lipinski definition) is 1. The predicted octanol–water partition coefficient (Wildman–Crippen LogP) is 3.68. The summed E-state index contributed by atoms with van der Waals surface area (Å²) in [6.45, 7) is 0. The number of nitrogens with one attached hydrogen (secondary N) is 1. The van der Waals surface area contributed by atoms with E-state index in [2.05, 4.69) is 26.2 Å². The second-order valence-corrected chi connectivity index (χ2v) is 5.06. The van der Waals surface area contributed by atoms with E-state index in [0.29, 0.717) is 17.3 Å². The number of pyridine rings is 1. The van der Waals surface area contributed by atoms with Gasteiger partial charge in [0.25, 0.3) is 0 Å². The van der Waals surface area contributed by atoms with Crippen LogP contribution in [0.3, 0.4) is 0 Å². The van der Waals surface area contributed by atoms with Gasteiger partial charge in [-0.25, -0.2) is 4.98 Å². The van der Waals surface area contributed by atoms with Crippen LogP contribution in [-0.2, 0) is 11.2 Å². The van der Waals surface area contributed by atoms with Crippen molar-refractivity contribution in [1.82, 2.24) is 4.98 Å². The fourth-order valence-electron chi connectivity index (χ4n) is 1.45. The monoisotopic (exact) mass is 324 g/mol. The fraction of sp³-hybridized carbons (Fsp3) is 0.0769. The predicted molar refractivity (Wildman–Crippen MR) is 75.7 cm³/mol. The van der Waals surface area contributed by atoms with Gasteiger partial charge >= 0.3 is 0 Å². The summed E-state index contributed by atoms with van der Waals surface area (Å²) >= 11 is 9.16. The molecule has 0 unspecified atom stereocenters. The maximum absolute atomic E-state index is 11.8. The molecule has 1 heterocycles. The Bertz CT molecular complexity index is 557. The third kappa shape index (κ3) is 3.82. The van der Waals surface area contributed by atoms with E-state index >= 15 is 0 Å². The highest BCUT2D eigenvalue weighted by Crippen LogP contribution is 2.13. The van der Waals surface area contributed by atoms with Gasteiger partial charge < -0.3 is 5.32 Å². The van der Waals surface area contributed by atoms with Crippen molar-refractivity contribution in [2.45, 2.75) is 6.42 Å². The second kappa shape index (κ2) is 5.98. The minimum Gasteiger partial charge on any atom is -0.310 e. The summed E-state index contributed by atoms with van der Waals surface area (Å²) in [6.07, 6.45) is 1.86. The smallest absolute Gasteiger partial charge is 0.229 e. The Kier molecular flexibility index (Phi) is 4.33. The minimum atomic E-state index is -0.118. The van der Waals surface area contributed by atoms with E-state index in [-0.39, 0.29) is 5.91 Å². The molecule has 0 spiro atoms. The molecule has 3 nitrogen and oxygen atoms in total. The lowest BCUT2D eigenvalue weighted by Gasteiger charge is -2.04. The summed E-state index contributed by atoms with van der Waals surface area (Å²) in [5.74, 6) is 0.344. The number of halogens is 2. The van der Waals surface area contributed by atoms with E-state index in [1.165, 1.54) is 0 Å². The Balaban J connectivity index is 1.98. The lowest BCUT2D eigenvalue weighted by atomic mass is 10.1. The Hall–Kier alpha value is -1.39. The maximum atomic E-state index is 11.8. The summed E-state index contributed by atoms with van der Waals surface area (Å²) in [7, 11) is 0. The molecule has 0 saturated heterocycles. The third-order valence-corrected chi connectivity index (χ3v) is 3.03. The first-order chi connectivity index (χ1) is 8.63. The fourth-order valence-corrected chi connectivity index (χ4v) is 1.87. The van der Waals surface area contributed by atoms with Crippen molar-refractivity contribution in [2.75, 3.05) is 5.32 Å². The molecular weight excluding hydrogens is 316 g/mol. The van der Waals surface area contributed by atoms with Crippen molar-refractivity contribution in [3.8, 4) is 0 Å². The van der Waals surface area contributed by atoms with Crippen LogP contribution in [-0.4, -0.2) is 10.9 Å². The van der Waals surface area contributed by atoms with Crippen LogP contribution in [0.1, 0.15) is 5.56 Å². The largest absolute Gasteiger partial charge is 0.310 e. The number of rotatable bonds is 3. The van der Waals surface area contributed by atoms with E-state index in [1.54, 1.807) is 18.3 Å². The number of carbonyl (C=O) groups excluding carboxylic acids is 1. The van der Waals surface area contributed by atoms with Gasteiger partial charge in [0.15, 0.2) is 0 Å². The van der Waals surface area contributed by atoms with Crippen molar-refractivity contribution >= 4 is 39.3 Å². The number of aromatic nitrogens is 1. The summed E-state index contributed by atoms with van der Waals surface area (Å²) in [5, 5.41) is 3.24. The van der Waals surface area contributed by atoms with Gasteiger partial charge in [0.05, 0.1) is 6.42 Å². The van der Waals surface area contributed by atoms with Gasteiger partial charge in [0, 0.05) is 15.7 Å². The van der Waals surface area contributed by atoms with Crippen molar-refractivity contribution in [3.05, 3.63) is 57.7 Å². The molecule has 1 N–H and O–H groups in total. The van der Waals surface area contributed by atoms with Crippen molar-refractivity contribution in [2.24, 2.45) is 0 Å². The molecule has 1 aromatic carbocycles. The molecule has 0 aliphatic heterocycles. The summed E-state index contributed by atoms with van der Waals surface area (Å²) in [6, 6.07) is 10.9. The Morgan fingerprint density at radius 3 is 2.67 bits per heavy atom. The topological polar surface area (TPSA) is 42.0 Å². The molecule has 0 aliphatic carbocycles. The molecule has 0 atom stereocenters. The molecule has 0 radical (unpaired) electrons. The minimum absolute atomic E-state index is 0.118. The SMILES string of the molecule is O=C(Cc1ccc(Br)cc1)Nc1cc(Cl)ccn1. The van der Waals surface area contributed by atoms with Gasteiger partial charge in [-0.15, -0.1) is 0 Å². The van der Waals surface area contributed by atoms with Gasteiger partial charge in [-0.2, -0.15) is 0 Å². The highest BCUT2D eigenvalue weighted by atomic mass is 79.9. The van der Waals surface area contributed by atoms with Gasteiger partial charge in [-0.3, -0.25) is 4.79 Å². The Labute approximate surface area is 118 Å². The van der Waals surface area contributed by atoms with Crippen LogP contribution >= 0.6 is 27.5 Å². The second-order valence-electron chi connectivity index (χ2n) is 3.71. The molecule has 2 rings (SSSR count). The summed E-state index contributed by atoms with van der Waals surface area (Å²) in [5.41, 5.74) is 0.942. The first-order valence-corrected chi connectivity index (χ1v) is 6.46. The molecule has 5 heteroatoms. The molecule has 0 saturated carbocycles. The van der Waals surface area contributed by atoms with Gasteiger partial charge in [-0.05, 0) is 29.8 Å². The molecule has 1 amide bonds. The zero-order valence-electron chi connectivity index (χ0n) is 9.36. The molecular formula is C13H10BrClN2O. The summed E-state index contributed by atoms with van der Waals surface area (Å²) in [4.78, 5) is 15.8. The zero-order valence-corrected chi connectivity index (χ0v) is 11.7. The van der Waals surface area contributed by atoms with Crippen LogP contribution in [0.25, 0.3) is 0 Å². The van der Waals surface area contributed by atoms with Crippen molar-refractivity contribution in [1.29, 1.82) is 0 Å². The average Bonchev–Trinajstić information content (AvgIpc) is 2.32. The number of nitrogens with zero attached hydrogens (tertiary/aromatic N) is 1. The standard InChI is InChI=1S/C13H10BrClN2O/c14-10-3-1-9(2-4-10)7-13(18)17-12-8-11(15)5-6-16-12/h1-6,8H,7H2,(H,16,17,18). The first kappa shape index (κ1) is 13.1. The van der Waals surface area contributed by atoms with Gasteiger partial charge in [-0.1, -0.05) is 39.7 Å². The number of benzene rings is 1. The molecule has 18 heavy (non-hydrogen) atoms. The molecule has 92 valence electrons. The summed E-state index contributed by atoms with van der Waals surface area (Å²) < 4.78 is 0.989. The normalized spacial score (nSPS) is 10.1. The van der Waals surface area contributed by atoms with Crippen LogP contribution in [0.15, 0.2) is 47.1 Å². The Morgan fingerprint density at radius 1 is 1.28 bits per heavy atom. The Morgan fingerprint density at radius 2 is 2.00 bits per heavy atom.